The zero-order valence-corrected chi connectivity index (χ0v) is 16.2. The van der Waals surface area contributed by atoms with E-state index in [9.17, 15) is 4.79 Å². The molecule has 0 unspecified atom stereocenters. The lowest BCUT2D eigenvalue weighted by Gasteiger charge is -2.11. The highest BCUT2D eigenvalue weighted by molar-refractivity contribution is 5.76. The summed E-state index contributed by atoms with van der Waals surface area (Å²) in [6, 6.07) is 7.78. The van der Waals surface area contributed by atoms with Gasteiger partial charge in [0.05, 0.1) is 11.8 Å². The van der Waals surface area contributed by atoms with E-state index in [0.29, 0.717) is 19.4 Å². The van der Waals surface area contributed by atoms with Crippen LogP contribution in [0.15, 0.2) is 30.6 Å². The molecule has 27 heavy (non-hydrogen) atoms. The molecule has 0 aliphatic carbocycles. The molecule has 0 saturated heterocycles. The Labute approximate surface area is 158 Å². The van der Waals surface area contributed by atoms with Crippen molar-refractivity contribution in [2.24, 2.45) is 0 Å². The maximum absolute atomic E-state index is 12.2. The molecule has 0 aliphatic rings. The third-order valence-electron chi connectivity index (χ3n) is 4.40. The zero-order chi connectivity index (χ0) is 19.4. The fraction of sp³-hybridized carbons (Fsp3) is 0.400. The van der Waals surface area contributed by atoms with E-state index in [1.54, 1.807) is 10.8 Å². The molecule has 3 aromatic rings. The molecule has 1 N–H and O–H groups in total. The van der Waals surface area contributed by atoms with Gasteiger partial charge in [-0.2, -0.15) is 5.10 Å². The molecular formula is C20H25N5O2. The Hall–Kier alpha value is -2.96. The van der Waals surface area contributed by atoms with Crippen LogP contribution in [0.1, 0.15) is 42.7 Å². The van der Waals surface area contributed by atoms with E-state index in [1.807, 2.05) is 52.0 Å². The first-order valence-electron chi connectivity index (χ1n) is 9.12. The van der Waals surface area contributed by atoms with Crippen molar-refractivity contribution < 1.29 is 9.53 Å². The summed E-state index contributed by atoms with van der Waals surface area (Å²) >= 11 is 0. The first-order chi connectivity index (χ1) is 12.9. The van der Waals surface area contributed by atoms with Crippen molar-refractivity contribution in [3.63, 3.8) is 0 Å². The highest BCUT2D eigenvalue weighted by atomic mass is 16.5. The van der Waals surface area contributed by atoms with Gasteiger partial charge in [0.15, 0.2) is 5.65 Å². The number of fused-ring (bicyclic) bond motifs is 1. The van der Waals surface area contributed by atoms with E-state index in [-0.39, 0.29) is 12.0 Å². The van der Waals surface area contributed by atoms with Crippen LogP contribution in [-0.4, -0.2) is 31.8 Å². The highest BCUT2D eigenvalue weighted by Gasteiger charge is 2.12. The Morgan fingerprint density at radius 1 is 1.22 bits per heavy atom. The van der Waals surface area contributed by atoms with Gasteiger partial charge < -0.3 is 10.1 Å². The maximum Gasteiger partial charge on any atom is 0.220 e. The van der Waals surface area contributed by atoms with E-state index in [1.165, 1.54) is 0 Å². The van der Waals surface area contributed by atoms with Gasteiger partial charge in [0.25, 0.3) is 0 Å². The molecule has 1 amide bonds. The standard InChI is InChI=1S/C20H25N5O2/c1-13(2)27-17-7-5-16(6-8-17)11-21-19(26)10-9-18-14(3)20-23-22-12-25(20)24-15(18)4/h5-8,12-13H,9-11H2,1-4H3,(H,21,26). The minimum Gasteiger partial charge on any atom is -0.491 e. The summed E-state index contributed by atoms with van der Waals surface area (Å²) in [5.74, 6) is 0.847. The van der Waals surface area contributed by atoms with Crippen LogP contribution in [0, 0.1) is 13.8 Å². The van der Waals surface area contributed by atoms with Gasteiger partial charge in [0, 0.05) is 18.5 Å². The number of carbonyl (C=O) groups excluding carboxylic acids is 1. The molecule has 7 nitrogen and oxygen atoms in total. The molecule has 0 bridgehead atoms. The monoisotopic (exact) mass is 367 g/mol. The number of hydrogen-bond acceptors (Lipinski definition) is 5. The third-order valence-corrected chi connectivity index (χ3v) is 4.40. The number of nitrogens with one attached hydrogen (secondary N) is 1. The molecule has 2 aromatic heterocycles. The minimum atomic E-state index is 0.0117. The largest absolute Gasteiger partial charge is 0.491 e. The van der Waals surface area contributed by atoms with Crippen molar-refractivity contribution in [2.75, 3.05) is 0 Å². The Balaban J connectivity index is 1.54. The van der Waals surface area contributed by atoms with E-state index < -0.39 is 0 Å². The number of amides is 1. The topological polar surface area (TPSA) is 81.4 Å². The summed E-state index contributed by atoms with van der Waals surface area (Å²) in [6.45, 7) is 8.43. The zero-order valence-electron chi connectivity index (χ0n) is 16.2. The smallest absolute Gasteiger partial charge is 0.220 e. The van der Waals surface area contributed by atoms with Gasteiger partial charge in [-0.1, -0.05) is 12.1 Å². The van der Waals surface area contributed by atoms with Crippen LogP contribution >= 0.6 is 0 Å². The number of aromatic nitrogens is 4. The number of ether oxygens (including phenoxy) is 1. The van der Waals surface area contributed by atoms with Crippen LogP contribution in [0.3, 0.4) is 0 Å². The van der Waals surface area contributed by atoms with Crippen molar-refractivity contribution in [2.45, 2.75) is 53.2 Å². The van der Waals surface area contributed by atoms with E-state index in [0.717, 1.165) is 33.8 Å². The van der Waals surface area contributed by atoms with E-state index in [2.05, 4.69) is 20.6 Å². The number of rotatable bonds is 7. The molecule has 0 radical (unpaired) electrons. The average Bonchev–Trinajstić information content (AvgIpc) is 3.09. The van der Waals surface area contributed by atoms with Crippen molar-refractivity contribution in [3.05, 3.63) is 53.0 Å². The normalized spacial score (nSPS) is 11.1. The lowest BCUT2D eigenvalue weighted by atomic mass is 10.0. The van der Waals surface area contributed by atoms with Crippen molar-refractivity contribution in [3.8, 4) is 5.75 Å². The Bertz CT molecular complexity index is 931. The van der Waals surface area contributed by atoms with Crippen LogP contribution in [0.25, 0.3) is 5.65 Å². The summed E-state index contributed by atoms with van der Waals surface area (Å²) in [4.78, 5) is 12.2. The molecule has 2 heterocycles. The number of benzene rings is 1. The molecule has 3 rings (SSSR count). The minimum absolute atomic E-state index is 0.0117. The lowest BCUT2D eigenvalue weighted by Crippen LogP contribution is -2.23. The van der Waals surface area contributed by atoms with E-state index in [4.69, 9.17) is 4.74 Å². The second-order valence-electron chi connectivity index (χ2n) is 6.88. The Morgan fingerprint density at radius 3 is 2.67 bits per heavy atom. The first kappa shape index (κ1) is 18.8. The predicted octanol–water partition coefficient (Wildman–Crippen LogP) is 2.78. The highest BCUT2D eigenvalue weighted by Crippen LogP contribution is 2.17. The second kappa shape index (κ2) is 8.16. The third kappa shape index (κ3) is 4.61. The molecule has 0 saturated carbocycles. The molecule has 0 aliphatic heterocycles. The van der Waals surface area contributed by atoms with Gasteiger partial charge in [-0.25, -0.2) is 4.52 Å². The number of carbonyl (C=O) groups is 1. The molecular weight excluding hydrogens is 342 g/mol. The summed E-state index contributed by atoms with van der Waals surface area (Å²) < 4.78 is 7.29. The maximum atomic E-state index is 12.2. The van der Waals surface area contributed by atoms with Gasteiger partial charge in [0.1, 0.15) is 12.1 Å². The fourth-order valence-electron chi connectivity index (χ4n) is 3.03. The van der Waals surface area contributed by atoms with Crippen LogP contribution < -0.4 is 10.1 Å². The number of aryl methyl sites for hydroxylation is 2. The fourth-order valence-corrected chi connectivity index (χ4v) is 3.03. The van der Waals surface area contributed by atoms with Gasteiger partial charge in [-0.3, -0.25) is 4.79 Å². The quantitative estimate of drug-likeness (QED) is 0.694. The average molecular weight is 367 g/mol. The second-order valence-corrected chi connectivity index (χ2v) is 6.88. The summed E-state index contributed by atoms with van der Waals surface area (Å²) in [5.41, 5.74) is 4.75. The van der Waals surface area contributed by atoms with Gasteiger partial charge >= 0.3 is 0 Å². The molecule has 0 fully saturated rings. The molecule has 7 heteroatoms. The molecule has 142 valence electrons. The molecule has 0 spiro atoms. The first-order valence-corrected chi connectivity index (χ1v) is 9.12. The SMILES string of the molecule is Cc1nn2cnnc2c(C)c1CCC(=O)NCc1ccc(OC(C)C)cc1. The van der Waals surface area contributed by atoms with Crippen LogP contribution in [0.4, 0.5) is 0 Å². The van der Waals surface area contributed by atoms with Crippen molar-refractivity contribution >= 4 is 11.6 Å². The van der Waals surface area contributed by atoms with Gasteiger partial charge in [0.2, 0.25) is 5.91 Å². The summed E-state index contributed by atoms with van der Waals surface area (Å²) in [5, 5.41) is 15.4. The Morgan fingerprint density at radius 2 is 1.96 bits per heavy atom. The van der Waals surface area contributed by atoms with Gasteiger partial charge in [-0.05, 0) is 57.4 Å². The summed E-state index contributed by atoms with van der Waals surface area (Å²) in [7, 11) is 0. The van der Waals surface area contributed by atoms with Crippen molar-refractivity contribution in [1.29, 1.82) is 0 Å². The number of nitrogens with zero attached hydrogens (tertiary/aromatic N) is 4. The summed E-state index contributed by atoms with van der Waals surface area (Å²) in [6.07, 6.45) is 2.76. The lowest BCUT2D eigenvalue weighted by molar-refractivity contribution is -0.121. The Kier molecular flexibility index (Phi) is 5.69. The predicted molar refractivity (Wildman–Crippen MR) is 103 cm³/mol. The van der Waals surface area contributed by atoms with Crippen LogP contribution in [-0.2, 0) is 17.8 Å². The molecule has 1 aromatic carbocycles. The number of hydrogen-bond donors (Lipinski definition) is 1. The van der Waals surface area contributed by atoms with Crippen molar-refractivity contribution in [1.82, 2.24) is 25.1 Å². The molecule has 0 atom stereocenters. The van der Waals surface area contributed by atoms with Crippen LogP contribution in [0.2, 0.25) is 0 Å². The van der Waals surface area contributed by atoms with Crippen LogP contribution in [0.5, 0.6) is 5.75 Å². The van der Waals surface area contributed by atoms with E-state index >= 15 is 0 Å². The van der Waals surface area contributed by atoms with Gasteiger partial charge in [-0.15, -0.1) is 10.2 Å².